The molecule has 0 saturated heterocycles. The van der Waals surface area contributed by atoms with Crippen molar-refractivity contribution in [2.45, 2.75) is 180 Å². The van der Waals surface area contributed by atoms with Crippen molar-refractivity contribution < 1.29 is 19.1 Å². The smallest absolute Gasteiger partial charge is 0.310 e. The van der Waals surface area contributed by atoms with E-state index in [1.165, 1.54) is 164 Å². The predicted octanol–water partition coefficient (Wildman–Crippen LogP) is 13.3. The number of carbonyl (C=O) groups is 3. The average molecular weight is 857 g/mol. The highest BCUT2D eigenvalue weighted by atomic mass is 32.3. The third-order valence-corrected chi connectivity index (χ3v) is 19.5. The third kappa shape index (κ3) is 16.2. The summed E-state index contributed by atoms with van der Waals surface area (Å²) < 4.78 is 10.3. The summed E-state index contributed by atoms with van der Waals surface area (Å²) in [5, 5.41) is 8.18. The Morgan fingerprint density at radius 1 is 0.611 bits per heavy atom. The van der Waals surface area contributed by atoms with Gasteiger partial charge in [-0.05, 0) is 55.4 Å². The lowest BCUT2D eigenvalue weighted by Crippen LogP contribution is -2.57. The van der Waals surface area contributed by atoms with Gasteiger partial charge in [0.1, 0.15) is 0 Å². The molecule has 306 valence electrons. The van der Waals surface area contributed by atoms with E-state index in [0.29, 0.717) is 4.91 Å². The fourth-order valence-electron chi connectivity index (χ4n) is 7.11. The molecule has 0 aromatic rings. The minimum atomic E-state index is -0.258. The summed E-state index contributed by atoms with van der Waals surface area (Å²) in [6.07, 6.45) is 30.4. The molecule has 4 rings (SSSR count). The second kappa shape index (κ2) is 27.4. The topological polar surface area (TPSA) is 84.5 Å². The zero-order chi connectivity index (χ0) is 38.4. The molecule has 54 heavy (non-hydrogen) atoms. The predicted molar refractivity (Wildman–Crippen MR) is 242 cm³/mol. The molecule has 4 aliphatic rings. The van der Waals surface area contributed by atoms with Gasteiger partial charge in [-0.3, -0.25) is 14.4 Å². The van der Waals surface area contributed by atoms with Gasteiger partial charge in [-0.15, -0.1) is 23.5 Å². The van der Waals surface area contributed by atoms with Crippen molar-refractivity contribution in [2.75, 3.05) is 18.6 Å². The maximum atomic E-state index is 13.4. The van der Waals surface area contributed by atoms with E-state index in [9.17, 15) is 14.4 Å². The fourth-order valence-corrected chi connectivity index (χ4v) is 15.6. The Kier molecular flexibility index (Phi) is 23.6. The standard InChI is InChI=1S/C42H68N2O4S6/c1-4-6-8-10-12-14-16-18-20-22-28-49-39-40(50-29-23-21-19-17-15-13-11-9-7-5-2)54-42(53-39)41-51-30-35(52-41)37(46)44-33-26-24-31(33)36(45)43-34-27-25-32(34)38(47)48-3/h30-34H,4-29H2,1-3H3,(H,43,45)(H,44,46)/t31-,32-,33+,34+/m0/s1. The second-order valence-corrected chi connectivity index (χ2v) is 22.4. The number of rotatable bonds is 29. The van der Waals surface area contributed by atoms with Gasteiger partial charge in [0.2, 0.25) is 5.91 Å². The maximum Gasteiger partial charge on any atom is 0.310 e. The lowest BCUT2D eigenvalue weighted by Gasteiger charge is -2.40. The number of thioether (sulfide) groups is 6. The zero-order valence-electron chi connectivity index (χ0n) is 33.4. The molecule has 2 aliphatic heterocycles. The van der Waals surface area contributed by atoms with Gasteiger partial charge in [0.25, 0.3) is 5.91 Å². The van der Waals surface area contributed by atoms with Crippen molar-refractivity contribution in [1.82, 2.24) is 10.6 Å². The van der Waals surface area contributed by atoms with Crippen LogP contribution in [0.2, 0.25) is 0 Å². The Hall–Kier alpha value is -0.270. The van der Waals surface area contributed by atoms with Crippen LogP contribution < -0.4 is 10.6 Å². The molecular formula is C42H68N2O4S6. The molecule has 2 aliphatic carbocycles. The molecule has 0 radical (unpaired) electrons. The van der Waals surface area contributed by atoms with E-state index in [1.54, 1.807) is 23.5 Å². The van der Waals surface area contributed by atoms with Gasteiger partial charge in [-0.2, -0.15) is 0 Å². The van der Waals surface area contributed by atoms with Crippen LogP contribution in [0.1, 0.15) is 168 Å². The molecule has 2 heterocycles. The van der Waals surface area contributed by atoms with E-state index in [1.807, 2.05) is 52.5 Å². The highest BCUT2D eigenvalue weighted by Gasteiger charge is 2.43. The number of unbranched alkanes of at least 4 members (excludes halogenated alkanes) is 18. The van der Waals surface area contributed by atoms with E-state index in [4.69, 9.17) is 4.74 Å². The number of hydrogen-bond acceptors (Lipinski definition) is 10. The van der Waals surface area contributed by atoms with Crippen LogP contribution in [0.25, 0.3) is 0 Å². The van der Waals surface area contributed by atoms with Gasteiger partial charge in [-0.25, -0.2) is 0 Å². The van der Waals surface area contributed by atoms with Crippen molar-refractivity contribution in [3.8, 4) is 0 Å². The minimum absolute atomic E-state index is 0.0640. The second-order valence-electron chi connectivity index (χ2n) is 15.2. The third-order valence-electron chi connectivity index (χ3n) is 10.9. The Bertz CT molecular complexity index is 1230. The summed E-state index contributed by atoms with van der Waals surface area (Å²) in [5.41, 5.74) is 0. The number of nitrogens with one attached hydrogen (secondary N) is 2. The van der Waals surface area contributed by atoms with Gasteiger partial charge in [0, 0.05) is 12.1 Å². The Labute approximate surface area is 353 Å². The van der Waals surface area contributed by atoms with Crippen LogP contribution in [-0.4, -0.2) is 48.5 Å². The van der Waals surface area contributed by atoms with Gasteiger partial charge in [0.05, 0.1) is 40.8 Å². The van der Waals surface area contributed by atoms with Crippen molar-refractivity contribution in [1.29, 1.82) is 0 Å². The normalized spacial score (nSPS) is 22.2. The first-order valence-corrected chi connectivity index (χ1v) is 26.6. The molecule has 6 nitrogen and oxygen atoms in total. The Balaban J connectivity index is 1.19. The minimum Gasteiger partial charge on any atom is -0.469 e. The number of ether oxygens (including phenoxy) is 1. The summed E-state index contributed by atoms with van der Waals surface area (Å²) in [6, 6.07) is -0.330. The van der Waals surface area contributed by atoms with E-state index in [2.05, 4.69) is 24.5 Å². The molecule has 2 fully saturated rings. The molecular weight excluding hydrogens is 789 g/mol. The first-order chi connectivity index (χ1) is 26.4. The van der Waals surface area contributed by atoms with Gasteiger partial charge < -0.3 is 15.4 Å². The van der Waals surface area contributed by atoms with Crippen molar-refractivity contribution in [2.24, 2.45) is 11.8 Å². The molecule has 0 aromatic carbocycles. The Morgan fingerprint density at radius 3 is 1.52 bits per heavy atom. The lowest BCUT2D eigenvalue weighted by atomic mass is 9.76. The number of hydrogen-bond donors (Lipinski definition) is 2. The van der Waals surface area contributed by atoms with Crippen LogP contribution in [0.3, 0.4) is 0 Å². The highest BCUT2D eigenvalue weighted by molar-refractivity contribution is 8.42. The summed E-state index contributed by atoms with van der Waals surface area (Å²) >= 11 is 11.2. The summed E-state index contributed by atoms with van der Waals surface area (Å²) in [4.78, 5) is 39.1. The van der Waals surface area contributed by atoms with Crippen LogP contribution in [0.15, 0.2) is 27.3 Å². The molecule has 0 bridgehead atoms. The van der Waals surface area contributed by atoms with Crippen LogP contribution in [0.4, 0.5) is 0 Å². The highest BCUT2D eigenvalue weighted by Crippen LogP contribution is 2.62. The summed E-state index contributed by atoms with van der Waals surface area (Å²) in [6.45, 7) is 4.57. The maximum absolute atomic E-state index is 13.4. The molecule has 4 atom stereocenters. The summed E-state index contributed by atoms with van der Waals surface area (Å²) in [7, 11) is 1.39. The molecule has 0 spiro atoms. The monoisotopic (exact) mass is 856 g/mol. The quantitative estimate of drug-likeness (QED) is 0.0560. The van der Waals surface area contributed by atoms with Crippen molar-refractivity contribution >= 4 is 88.4 Å². The van der Waals surface area contributed by atoms with Crippen LogP contribution >= 0.6 is 70.6 Å². The van der Waals surface area contributed by atoms with Crippen LogP contribution in [0.5, 0.6) is 0 Å². The first-order valence-electron chi connectivity index (χ1n) is 21.3. The lowest BCUT2D eigenvalue weighted by molar-refractivity contribution is -0.150. The largest absolute Gasteiger partial charge is 0.469 e. The zero-order valence-corrected chi connectivity index (χ0v) is 38.3. The van der Waals surface area contributed by atoms with E-state index >= 15 is 0 Å². The number of amides is 2. The number of carbonyl (C=O) groups excluding carboxylic acids is 3. The molecule has 0 unspecified atom stereocenters. The first kappa shape index (κ1) is 46.4. The van der Waals surface area contributed by atoms with Crippen molar-refractivity contribution in [3.05, 3.63) is 27.3 Å². The molecule has 0 aromatic heterocycles. The molecule has 2 saturated carbocycles. The van der Waals surface area contributed by atoms with Crippen LogP contribution in [-0.2, 0) is 19.1 Å². The molecule has 2 amide bonds. The van der Waals surface area contributed by atoms with Crippen LogP contribution in [0, 0.1) is 11.8 Å². The SMILES string of the molecule is CCCCCCCCCCCCSC1=C(SCCCCCCCCCCCC)SC(=C2SC=C(C(=O)N[C@@H]3CC[C@@H]3C(=O)N[C@@H]3CC[C@@H]3C(=O)OC)S2)S1. The van der Waals surface area contributed by atoms with E-state index in [0.717, 1.165) is 25.7 Å². The number of esters is 1. The fraction of sp³-hybridized carbons (Fsp3) is 0.786. The van der Waals surface area contributed by atoms with Gasteiger partial charge in [0.15, 0.2) is 0 Å². The molecule has 12 heteroatoms. The van der Waals surface area contributed by atoms with Gasteiger partial charge >= 0.3 is 5.97 Å². The van der Waals surface area contributed by atoms with E-state index < -0.39 is 0 Å². The van der Waals surface area contributed by atoms with Crippen molar-refractivity contribution in [3.63, 3.8) is 0 Å². The summed E-state index contributed by atoms with van der Waals surface area (Å²) in [5.74, 6) is 1.44. The van der Waals surface area contributed by atoms with Gasteiger partial charge in [-0.1, -0.05) is 176 Å². The molecule has 2 N–H and O–H groups in total. The number of methoxy groups -OCH3 is 1. The van der Waals surface area contributed by atoms with E-state index in [-0.39, 0.29) is 41.7 Å². The Morgan fingerprint density at radius 2 is 1.07 bits per heavy atom. The average Bonchev–Trinajstić information content (AvgIpc) is 3.81.